The molecule has 2 unspecified atom stereocenters. The van der Waals surface area contributed by atoms with Crippen LogP contribution in [0.1, 0.15) is 32.3 Å². The Morgan fingerprint density at radius 2 is 2.21 bits per heavy atom. The van der Waals surface area contributed by atoms with Gasteiger partial charge in [0.15, 0.2) is 0 Å². The van der Waals surface area contributed by atoms with Gasteiger partial charge in [0.2, 0.25) is 15.9 Å². The monoisotopic (exact) mass is 351 g/mol. The van der Waals surface area contributed by atoms with Gasteiger partial charge in [-0.2, -0.15) is 0 Å². The zero-order chi connectivity index (χ0) is 17.3. The van der Waals surface area contributed by atoms with Gasteiger partial charge >= 0.3 is 0 Å². The minimum absolute atomic E-state index is 0.0141. The van der Waals surface area contributed by atoms with Crippen molar-refractivity contribution in [3.63, 3.8) is 0 Å². The van der Waals surface area contributed by atoms with Crippen LogP contribution >= 0.6 is 0 Å². The predicted octanol–water partition coefficient (Wildman–Crippen LogP) is 1.26. The molecule has 6 nitrogen and oxygen atoms in total. The van der Waals surface area contributed by atoms with Crippen LogP contribution in [-0.2, 0) is 21.2 Å². The summed E-state index contributed by atoms with van der Waals surface area (Å²) in [5.74, 6) is 0.330. The number of nitrogens with zero attached hydrogens (tertiary/aromatic N) is 1. The van der Waals surface area contributed by atoms with E-state index in [4.69, 9.17) is 0 Å². The first-order valence-corrected chi connectivity index (χ1v) is 10.00. The molecule has 2 N–H and O–H groups in total. The summed E-state index contributed by atoms with van der Waals surface area (Å²) in [5.41, 5.74) is 1.74. The number of fused-ring (bicyclic) bond motifs is 1. The van der Waals surface area contributed by atoms with E-state index in [2.05, 4.69) is 10.0 Å². The normalized spacial score (nSPS) is 24.0. The summed E-state index contributed by atoms with van der Waals surface area (Å²) in [4.78, 5) is 13.8. The van der Waals surface area contributed by atoms with Crippen molar-refractivity contribution in [1.29, 1.82) is 0 Å². The van der Waals surface area contributed by atoms with E-state index in [0.29, 0.717) is 18.9 Å². The van der Waals surface area contributed by atoms with Gasteiger partial charge < -0.3 is 10.2 Å². The lowest BCUT2D eigenvalue weighted by Gasteiger charge is -2.23. The second kappa shape index (κ2) is 6.82. The highest BCUT2D eigenvalue weighted by molar-refractivity contribution is 7.89. The standard InChI is InChI=1S/C17H25N3O3S/c1-12-8-15-9-16(5-6-17(15)20(12)13(2)21)24(22,23)19-11-14-4-3-7-18-10-14/h5-6,9,12,14,18-19H,3-4,7-8,10-11H2,1-2H3. The first kappa shape index (κ1) is 17.4. The van der Waals surface area contributed by atoms with Gasteiger partial charge in [-0.15, -0.1) is 0 Å². The lowest BCUT2D eigenvalue weighted by molar-refractivity contribution is -0.116. The van der Waals surface area contributed by atoms with Crippen molar-refractivity contribution in [2.24, 2.45) is 5.92 Å². The van der Waals surface area contributed by atoms with E-state index < -0.39 is 10.0 Å². The molecule has 24 heavy (non-hydrogen) atoms. The number of carbonyl (C=O) groups is 1. The van der Waals surface area contributed by atoms with E-state index in [-0.39, 0.29) is 16.8 Å². The van der Waals surface area contributed by atoms with Crippen LogP contribution in [0.4, 0.5) is 5.69 Å². The third kappa shape index (κ3) is 3.48. The maximum Gasteiger partial charge on any atom is 0.240 e. The minimum atomic E-state index is -3.52. The molecule has 0 bridgehead atoms. The van der Waals surface area contributed by atoms with Crippen molar-refractivity contribution in [2.75, 3.05) is 24.5 Å². The molecule has 2 aliphatic rings. The fourth-order valence-corrected chi connectivity index (χ4v) is 4.83. The molecule has 7 heteroatoms. The minimum Gasteiger partial charge on any atom is -0.316 e. The maximum atomic E-state index is 12.6. The quantitative estimate of drug-likeness (QED) is 0.856. The van der Waals surface area contributed by atoms with E-state index in [1.54, 1.807) is 23.1 Å². The van der Waals surface area contributed by atoms with Gasteiger partial charge in [0.25, 0.3) is 0 Å². The van der Waals surface area contributed by atoms with Crippen molar-refractivity contribution in [1.82, 2.24) is 10.0 Å². The summed E-state index contributed by atoms with van der Waals surface area (Å²) in [5, 5.41) is 3.29. The number of anilines is 1. The number of hydrogen-bond acceptors (Lipinski definition) is 4. The number of rotatable bonds is 4. The molecule has 0 aromatic heterocycles. The molecular weight excluding hydrogens is 326 g/mol. The van der Waals surface area contributed by atoms with E-state index in [0.717, 1.165) is 37.2 Å². The summed E-state index contributed by atoms with van der Waals surface area (Å²) >= 11 is 0. The van der Waals surface area contributed by atoms with Gasteiger partial charge in [0.05, 0.1) is 4.90 Å². The first-order valence-electron chi connectivity index (χ1n) is 8.51. The molecule has 2 aliphatic heterocycles. The Labute approximate surface area is 143 Å². The Morgan fingerprint density at radius 3 is 2.88 bits per heavy atom. The molecule has 3 rings (SSSR count). The summed E-state index contributed by atoms with van der Waals surface area (Å²) < 4.78 is 27.9. The molecular formula is C17H25N3O3S. The third-order valence-electron chi connectivity index (χ3n) is 4.88. The average Bonchev–Trinajstić information content (AvgIpc) is 2.89. The molecule has 1 fully saturated rings. The van der Waals surface area contributed by atoms with Crippen LogP contribution in [-0.4, -0.2) is 40.0 Å². The van der Waals surface area contributed by atoms with Gasteiger partial charge in [-0.05, 0) is 69.0 Å². The largest absolute Gasteiger partial charge is 0.316 e. The highest BCUT2D eigenvalue weighted by Crippen LogP contribution is 2.33. The van der Waals surface area contributed by atoms with Gasteiger partial charge in [-0.3, -0.25) is 4.79 Å². The van der Waals surface area contributed by atoms with Gasteiger partial charge in [0.1, 0.15) is 0 Å². The van der Waals surface area contributed by atoms with Crippen LogP contribution in [0.5, 0.6) is 0 Å². The predicted molar refractivity (Wildman–Crippen MR) is 93.6 cm³/mol. The highest BCUT2D eigenvalue weighted by atomic mass is 32.2. The molecule has 2 heterocycles. The average molecular weight is 351 g/mol. The molecule has 132 valence electrons. The van der Waals surface area contributed by atoms with Crippen LogP contribution in [0.2, 0.25) is 0 Å². The highest BCUT2D eigenvalue weighted by Gasteiger charge is 2.30. The number of piperidine rings is 1. The van der Waals surface area contributed by atoms with Crippen LogP contribution in [0.15, 0.2) is 23.1 Å². The van der Waals surface area contributed by atoms with Crippen LogP contribution in [0, 0.1) is 5.92 Å². The van der Waals surface area contributed by atoms with E-state index in [1.807, 2.05) is 6.92 Å². The fraction of sp³-hybridized carbons (Fsp3) is 0.588. The number of amides is 1. The lowest BCUT2D eigenvalue weighted by Crippen LogP contribution is -2.38. The Balaban J connectivity index is 1.75. The van der Waals surface area contributed by atoms with Crippen LogP contribution in [0.25, 0.3) is 0 Å². The topological polar surface area (TPSA) is 78.5 Å². The van der Waals surface area contributed by atoms with Crippen molar-refractivity contribution < 1.29 is 13.2 Å². The Kier molecular flexibility index (Phi) is 4.94. The van der Waals surface area contributed by atoms with E-state index >= 15 is 0 Å². The zero-order valence-electron chi connectivity index (χ0n) is 14.2. The summed E-state index contributed by atoms with van der Waals surface area (Å²) in [7, 11) is -3.52. The maximum absolute atomic E-state index is 12.6. The molecule has 0 saturated carbocycles. The molecule has 1 amide bonds. The van der Waals surface area contributed by atoms with Gasteiger partial charge in [-0.25, -0.2) is 13.1 Å². The molecule has 0 radical (unpaired) electrons. The number of sulfonamides is 1. The number of hydrogen-bond donors (Lipinski definition) is 2. The molecule has 1 aromatic carbocycles. The Hall–Kier alpha value is -1.44. The lowest BCUT2D eigenvalue weighted by atomic mass is 10.0. The molecule has 2 atom stereocenters. The second-order valence-corrected chi connectivity index (χ2v) is 8.56. The van der Waals surface area contributed by atoms with Crippen molar-refractivity contribution in [3.05, 3.63) is 23.8 Å². The van der Waals surface area contributed by atoms with Crippen LogP contribution in [0.3, 0.4) is 0 Å². The summed E-state index contributed by atoms with van der Waals surface area (Å²) in [6, 6.07) is 5.11. The molecule has 0 aliphatic carbocycles. The zero-order valence-corrected chi connectivity index (χ0v) is 15.0. The first-order chi connectivity index (χ1) is 11.4. The van der Waals surface area contributed by atoms with E-state index in [9.17, 15) is 13.2 Å². The van der Waals surface area contributed by atoms with Crippen molar-refractivity contribution in [2.45, 2.75) is 44.0 Å². The van der Waals surface area contributed by atoms with Crippen molar-refractivity contribution >= 4 is 21.6 Å². The summed E-state index contributed by atoms with van der Waals surface area (Å²) in [6.45, 7) is 5.85. The van der Waals surface area contributed by atoms with Gasteiger partial charge in [0, 0.05) is 25.2 Å². The summed E-state index contributed by atoms with van der Waals surface area (Å²) in [6.07, 6.45) is 2.82. The fourth-order valence-electron chi connectivity index (χ4n) is 3.66. The SMILES string of the molecule is CC(=O)N1c2ccc(S(=O)(=O)NCC3CCCNC3)cc2CC1C. The molecule has 0 spiro atoms. The number of nitrogens with one attached hydrogen (secondary N) is 2. The second-order valence-electron chi connectivity index (χ2n) is 6.80. The smallest absolute Gasteiger partial charge is 0.240 e. The number of carbonyl (C=O) groups excluding carboxylic acids is 1. The van der Waals surface area contributed by atoms with Gasteiger partial charge in [-0.1, -0.05) is 0 Å². The van der Waals surface area contributed by atoms with E-state index in [1.165, 1.54) is 6.92 Å². The Morgan fingerprint density at radius 1 is 1.42 bits per heavy atom. The third-order valence-corrected chi connectivity index (χ3v) is 6.30. The van der Waals surface area contributed by atoms with Crippen molar-refractivity contribution in [3.8, 4) is 0 Å². The molecule has 1 aromatic rings. The van der Waals surface area contributed by atoms with Crippen LogP contribution < -0.4 is 14.9 Å². The number of benzene rings is 1. The molecule has 1 saturated heterocycles. The Bertz CT molecular complexity index is 727.